The third kappa shape index (κ3) is 4.75. The van der Waals surface area contributed by atoms with Crippen molar-refractivity contribution in [2.24, 2.45) is 0 Å². The minimum Gasteiger partial charge on any atom is -0.497 e. The van der Waals surface area contributed by atoms with Crippen LogP contribution in [0.15, 0.2) is 42.6 Å². The Balaban J connectivity index is 1.56. The third-order valence-corrected chi connectivity index (χ3v) is 4.73. The van der Waals surface area contributed by atoms with Crippen LogP contribution in [-0.2, 0) is 16.1 Å². The molecule has 1 saturated heterocycles. The van der Waals surface area contributed by atoms with Crippen molar-refractivity contribution in [3.8, 4) is 17.4 Å². The average molecular weight is 371 g/mol. The second-order valence-corrected chi connectivity index (χ2v) is 6.42. The highest BCUT2D eigenvalue weighted by molar-refractivity contribution is 5.85. The maximum Gasteiger partial charge on any atom is 0.252 e. The van der Waals surface area contributed by atoms with Crippen LogP contribution in [0.2, 0.25) is 0 Å². The van der Waals surface area contributed by atoms with Crippen LogP contribution in [0.1, 0.15) is 18.4 Å². The molecule has 1 aromatic heterocycles. The molecule has 0 saturated carbocycles. The van der Waals surface area contributed by atoms with Gasteiger partial charge in [-0.3, -0.25) is 4.79 Å². The summed E-state index contributed by atoms with van der Waals surface area (Å²) >= 11 is 0. The molecule has 1 aliphatic heterocycles. The van der Waals surface area contributed by atoms with Crippen molar-refractivity contribution in [1.29, 1.82) is 0 Å². The van der Waals surface area contributed by atoms with Crippen molar-refractivity contribution in [2.45, 2.75) is 25.0 Å². The van der Waals surface area contributed by atoms with Crippen LogP contribution >= 0.6 is 0 Å². The molecule has 0 radical (unpaired) electrons. The molecular weight excluding hydrogens is 346 g/mol. The Morgan fingerprint density at radius 3 is 2.63 bits per heavy atom. The lowest BCUT2D eigenvalue weighted by Crippen LogP contribution is -2.53. The molecule has 0 bridgehead atoms. The summed E-state index contributed by atoms with van der Waals surface area (Å²) in [4.78, 5) is 16.9. The monoisotopic (exact) mass is 371 g/mol. The van der Waals surface area contributed by atoms with Gasteiger partial charge in [-0.2, -0.15) is 0 Å². The smallest absolute Gasteiger partial charge is 0.252 e. The molecule has 2 N–H and O–H groups in total. The van der Waals surface area contributed by atoms with E-state index in [1.165, 1.54) is 0 Å². The topological polar surface area (TPSA) is 81.7 Å². The summed E-state index contributed by atoms with van der Waals surface area (Å²) in [6, 6.07) is 11.0. The second kappa shape index (κ2) is 8.83. The normalized spacial score (nSPS) is 15.8. The van der Waals surface area contributed by atoms with Crippen LogP contribution in [0.4, 0.5) is 0 Å². The molecule has 3 rings (SSSR count). The number of carbonyl (C=O) groups excluding carboxylic acids is 1. The number of hydrogen-bond acceptors (Lipinski definition) is 6. The number of ether oxygens (including phenoxy) is 3. The average Bonchev–Trinajstić information content (AvgIpc) is 2.73. The zero-order chi connectivity index (χ0) is 19.1. The van der Waals surface area contributed by atoms with Crippen molar-refractivity contribution in [3.05, 3.63) is 48.2 Å². The van der Waals surface area contributed by atoms with Gasteiger partial charge >= 0.3 is 0 Å². The van der Waals surface area contributed by atoms with Gasteiger partial charge in [0, 0.05) is 32.0 Å². The van der Waals surface area contributed by atoms with E-state index in [9.17, 15) is 4.79 Å². The van der Waals surface area contributed by atoms with Gasteiger partial charge in [0.1, 0.15) is 17.1 Å². The van der Waals surface area contributed by atoms with Crippen molar-refractivity contribution in [2.75, 3.05) is 27.3 Å². The number of nitrogens with zero attached hydrogens (tertiary/aromatic N) is 1. The Bertz CT molecular complexity index is 758. The summed E-state index contributed by atoms with van der Waals surface area (Å²) in [5.74, 6) is 1.76. The summed E-state index contributed by atoms with van der Waals surface area (Å²) in [6.45, 7) is 1.95. The summed E-state index contributed by atoms with van der Waals surface area (Å²) < 4.78 is 16.4. The Morgan fingerprint density at radius 1 is 1.19 bits per heavy atom. The van der Waals surface area contributed by atoms with Gasteiger partial charge in [-0.05, 0) is 43.6 Å². The van der Waals surface area contributed by atoms with Crippen LogP contribution in [-0.4, -0.2) is 43.8 Å². The lowest BCUT2D eigenvalue weighted by atomic mass is 9.91. The quantitative estimate of drug-likeness (QED) is 0.777. The Labute approximate surface area is 159 Å². The zero-order valence-corrected chi connectivity index (χ0v) is 15.7. The molecule has 27 heavy (non-hydrogen) atoms. The number of methoxy groups -OCH3 is 2. The van der Waals surface area contributed by atoms with Gasteiger partial charge in [-0.15, -0.1) is 0 Å². The SMILES string of the molecule is COc1cccc(Oc2ccc(CNC(=O)C3(OC)CCNCC3)cn2)c1. The van der Waals surface area contributed by atoms with Crippen molar-refractivity contribution < 1.29 is 19.0 Å². The van der Waals surface area contributed by atoms with Gasteiger partial charge in [0.2, 0.25) is 5.88 Å². The minimum absolute atomic E-state index is 0.0804. The van der Waals surface area contributed by atoms with Crippen LogP contribution < -0.4 is 20.1 Å². The molecule has 1 fully saturated rings. The molecule has 1 amide bonds. The molecular formula is C20H25N3O4. The number of aromatic nitrogens is 1. The van der Waals surface area contributed by atoms with Gasteiger partial charge in [0.25, 0.3) is 5.91 Å². The molecule has 0 aliphatic carbocycles. The molecule has 2 aromatic rings. The first-order valence-electron chi connectivity index (χ1n) is 8.96. The Morgan fingerprint density at radius 2 is 1.96 bits per heavy atom. The summed E-state index contributed by atoms with van der Waals surface area (Å²) in [6.07, 6.45) is 3.03. The first kappa shape index (κ1) is 19.1. The van der Waals surface area contributed by atoms with E-state index >= 15 is 0 Å². The fourth-order valence-corrected chi connectivity index (χ4v) is 3.06. The number of hydrogen-bond donors (Lipinski definition) is 2. The highest BCUT2D eigenvalue weighted by Gasteiger charge is 2.39. The van der Waals surface area contributed by atoms with E-state index in [0.29, 0.717) is 31.0 Å². The van der Waals surface area contributed by atoms with Crippen LogP contribution in [0.5, 0.6) is 17.4 Å². The predicted molar refractivity (Wildman–Crippen MR) is 101 cm³/mol. The maximum atomic E-state index is 12.6. The standard InChI is InChI=1S/C20H25N3O4/c1-25-16-4-3-5-17(12-16)27-18-7-6-15(13-22-18)14-23-19(24)20(26-2)8-10-21-11-9-20/h3-7,12-13,21H,8-11,14H2,1-2H3,(H,23,24). The van der Waals surface area contributed by atoms with E-state index in [1.54, 1.807) is 32.5 Å². The first-order chi connectivity index (χ1) is 13.1. The molecule has 144 valence electrons. The maximum absolute atomic E-state index is 12.6. The van der Waals surface area contributed by atoms with Gasteiger partial charge in [0.05, 0.1) is 7.11 Å². The molecule has 1 aromatic carbocycles. The van der Waals surface area contributed by atoms with Crippen LogP contribution in [0.25, 0.3) is 0 Å². The van der Waals surface area contributed by atoms with Gasteiger partial charge in [-0.1, -0.05) is 12.1 Å². The number of amides is 1. The lowest BCUT2D eigenvalue weighted by Gasteiger charge is -2.34. The van der Waals surface area contributed by atoms with Gasteiger partial charge in [0.15, 0.2) is 0 Å². The van der Waals surface area contributed by atoms with Gasteiger partial charge in [-0.25, -0.2) is 4.98 Å². The van der Waals surface area contributed by atoms with E-state index in [-0.39, 0.29) is 5.91 Å². The van der Waals surface area contributed by atoms with E-state index < -0.39 is 5.60 Å². The number of piperidine rings is 1. The zero-order valence-electron chi connectivity index (χ0n) is 15.7. The molecule has 0 spiro atoms. The van der Waals surface area contributed by atoms with Crippen molar-refractivity contribution in [3.63, 3.8) is 0 Å². The van der Waals surface area contributed by atoms with Crippen LogP contribution in [0, 0.1) is 0 Å². The summed E-state index contributed by atoms with van der Waals surface area (Å²) in [7, 11) is 3.20. The predicted octanol–water partition coefficient (Wildman–Crippen LogP) is 2.27. The number of pyridine rings is 1. The summed E-state index contributed by atoms with van der Waals surface area (Å²) in [5.41, 5.74) is 0.148. The van der Waals surface area contributed by atoms with E-state index in [2.05, 4.69) is 15.6 Å². The molecule has 2 heterocycles. The largest absolute Gasteiger partial charge is 0.497 e. The highest BCUT2D eigenvalue weighted by atomic mass is 16.5. The summed E-state index contributed by atoms with van der Waals surface area (Å²) in [5, 5.41) is 6.20. The molecule has 0 unspecified atom stereocenters. The highest BCUT2D eigenvalue weighted by Crippen LogP contribution is 2.24. The number of rotatable bonds is 7. The Hall–Kier alpha value is -2.64. The fraction of sp³-hybridized carbons (Fsp3) is 0.400. The van der Waals surface area contributed by atoms with E-state index in [0.717, 1.165) is 24.4 Å². The van der Waals surface area contributed by atoms with Gasteiger partial charge < -0.3 is 24.8 Å². The number of benzene rings is 1. The molecule has 7 nitrogen and oxygen atoms in total. The Kier molecular flexibility index (Phi) is 6.26. The van der Waals surface area contributed by atoms with Crippen molar-refractivity contribution in [1.82, 2.24) is 15.6 Å². The van der Waals surface area contributed by atoms with E-state index in [4.69, 9.17) is 14.2 Å². The lowest BCUT2D eigenvalue weighted by molar-refractivity contribution is -0.146. The van der Waals surface area contributed by atoms with E-state index in [1.807, 2.05) is 24.3 Å². The number of nitrogens with one attached hydrogen (secondary N) is 2. The third-order valence-electron chi connectivity index (χ3n) is 4.73. The number of carbonyl (C=O) groups is 1. The molecule has 7 heteroatoms. The first-order valence-corrected chi connectivity index (χ1v) is 8.96. The fourth-order valence-electron chi connectivity index (χ4n) is 3.06. The molecule has 1 aliphatic rings. The minimum atomic E-state index is -0.742. The van der Waals surface area contributed by atoms with Crippen LogP contribution in [0.3, 0.4) is 0 Å². The van der Waals surface area contributed by atoms with Crippen molar-refractivity contribution >= 4 is 5.91 Å². The molecule has 0 atom stereocenters. The second-order valence-electron chi connectivity index (χ2n) is 6.42.